The summed E-state index contributed by atoms with van der Waals surface area (Å²) in [5.41, 5.74) is 0.728. The van der Waals surface area contributed by atoms with Gasteiger partial charge in [-0.3, -0.25) is 14.3 Å². The van der Waals surface area contributed by atoms with E-state index in [-0.39, 0.29) is 18.7 Å². The van der Waals surface area contributed by atoms with Crippen LogP contribution in [0.1, 0.15) is 31.2 Å². The second-order valence-electron chi connectivity index (χ2n) is 8.19. The van der Waals surface area contributed by atoms with Gasteiger partial charge in [0.25, 0.3) is 5.56 Å². The predicted octanol–water partition coefficient (Wildman–Crippen LogP) is 1.55. The van der Waals surface area contributed by atoms with Gasteiger partial charge in [0.1, 0.15) is 18.5 Å². The van der Waals surface area contributed by atoms with Gasteiger partial charge in [-0.15, -0.1) is 0 Å². The molecule has 0 spiro atoms. The topological polar surface area (TPSA) is 105 Å². The number of nitrogens with zero attached hydrogens (tertiary/aromatic N) is 4. The molecule has 0 radical (unpaired) electrons. The maximum absolute atomic E-state index is 12.7. The fourth-order valence-corrected chi connectivity index (χ4v) is 4.00. The molecule has 1 aliphatic heterocycles. The fraction of sp³-hybridized carbons (Fsp3) is 0.500. The van der Waals surface area contributed by atoms with Crippen LogP contribution < -0.4 is 20.9 Å². The van der Waals surface area contributed by atoms with Crippen LogP contribution in [0.4, 0.5) is 5.95 Å². The number of nitrogens with one attached hydrogen (secondary N) is 1. The highest BCUT2D eigenvalue weighted by molar-refractivity contribution is 5.74. The van der Waals surface area contributed by atoms with Crippen molar-refractivity contribution < 1.29 is 9.84 Å². The molecule has 9 heteroatoms. The first-order valence-corrected chi connectivity index (χ1v) is 10.8. The Balaban J connectivity index is 1.66. The molecular formula is C22H29N5O4. The number of aliphatic hydroxyl groups is 1. The molecule has 2 aromatic heterocycles. The van der Waals surface area contributed by atoms with Gasteiger partial charge in [-0.1, -0.05) is 30.5 Å². The van der Waals surface area contributed by atoms with Crippen molar-refractivity contribution in [1.29, 1.82) is 0 Å². The van der Waals surface area contributed by atoms with Gasteiger partial charge in [0, 0.05) is 20.1 Å². The van der Waals surface area contributed by atoms with Crippen molar-refractivity contribution in [2.24, 2.45) is 7.05 Å². The van der Waals surface area contributed by atoms with Gasteiger partial charge < -0.3 is 19.3 Å². The summed E-state index contributed by atoms with van der Waals surface area (Å²) in [6.07, 6.45) is 3.53. The Morgan fingerprint density at radius 1 is 1.13 bits per heavy atom. The van der Waals surface area contributed by atoms with E-state index in [9.17, 15) is 14.7 Å². The van der Waals surface area contributed by atoms with Crippen LogP contribution in [-0.2, 0) is 13.6 Å². The maximum Gasteiger partial charge on any atom is 0.329 e. The number of rotatable bonds is 6. The molecule has 1 fully saturated rings. The largest absolute Gasteiger partial charge is 0.491 e. The highest BCUT2D eigenvalue weighted by atomic mass is 16.5. The lowest BCUT2D eigenvalue weighted by atomic mass is 10.2. The molecule has 1 aliphatic rings. The second-order valence-corrected chi connectivity index (χ2v) is 8.19. The first kappa shape index (κ1) is 21.2. The molecule has 4 rings (SSSR count). The Labute approximate surface area is 179 Å². The Hall–Kier alpha value is -3.07. The van der Waals surface area contributed by atoms with Gasteiger partial charge in [-0.2, -0.15) is 4.98 Å². The van der Waals surface area contributed by atoms with Gasteiger partial charge in [0.15, 0.2) is 11.2 Å². The third-order valence-electron chi connectivity index (χ3n) is 5.73. The summed E-state index contributed by atoms with van der Waals surface area (Å²) >= 11 is 0. The van der Waals surface area contributed by atoms with E-state index in [0.29, 0.717) is 17.3 Å². The number of aliphatic hydroxyl groups excluding tert-OH is 1. The minimum absolute atomic E-state index is 0.0752. The predicted molar refractivity (Wildman–Crippen MR) is 119 cm³/mol. The smallest absolute Gasteiger partial charge is 0.329 e. The Morgan fingerprint density at radius 2 is 1.81 bits per heavy atom. The van der Waals surface area contributed by atoms with Crippen molar-refractivity contribution >= 4 is 17.1 Å². The van der Waals surface area contributed by atoms with Crippen LogP contribution in [0.2, 0.25) is 0 Å². The lowest BCUT2D eigenvalue weighted by Crippen LogP contribution is -2.32. The molecule has 1 atom stereocenters. The third kappa shape index (κ3) is 4.51. The highest BCUT2D eigenvalue weighted by Crippen LogP contribution is 2.23. The molecule has 0 amide bonds. The van der Waals surface area contributed by atoms with E-state index in [0.717, 1.165) is 44.3 Å². The quantitative estimate of drug-likeness (QED) is 0.618. The molecule has 0 bridgehead atoms. The van der Waals surface area contributed by atoms with Crippen molar-refractivity contribution in [3.63, 3.8) is 0 Å². The highest BCUT2D eigenvalue weighted by Gasteiger charge is 2.24. The minimum Gasteiger partial charge on any atom is -0.491 e. The number of aryl methyl sites for hydroxylation is 2. The van der Waals surface area contributed by atoms with Crippen LogP contribution in [0, 0.1) is 6.92 Å². The standard InChI is InChI=1S/C22H29N5O4/c1-15-7-9-17(10-8-15)31-14-16(28)13-27-18-19(25(2)22(30)24-20(18)29)23-21(27)26-11-5-3-4-6-12-26/h7-10,16,28H,3-6,11-14H2,1-2H3,(H,24,29,30)/t16-/m0/s1. The number of fused-ring (bicyclic) bond motifs is 1. The van der Waals surface area contributed by atoms with Crippen LogP contribution >= 0.6 is 0 Å². The Morgan fingerprint density at radius 3 is 2.48 bits per heavy atom. The molecule has 1 aromatic carbocycles. The van der Waals surface area contributed by atoms with E-state index in [1.54, 1.807) is 11.6 Å². The SMILES string of the molecule is Cc1ccc(OC[C@@H](O)Cn2c(N3CCCCCC3)nc3c2c(=O)[nH]c(=O)n3C)cc1. The van der Waals surface area contributed by atoms with Crippen LogP contribution in [0.15, 0.2) is 33.9 Å². The second kappa shape index (κ2) is 8.97. The summed E-state index contributed by atoms with van der Waals surface area (Å²) in [6, 6.07) is 7.61. The number of H-pyrrole nitrogens is 1. The summed E-state index contributed by atoms with van der Waals surface area (Å²) in [6.45, 7) is 3.86. The summed E-state index contributed by atoms with van der Waals surface area (Å²) in [5, 5.41) is 10.7. The number of hydrogen-bond acceptors (Lipinski definition) is 6. The number of anilines is 1. The number of imidazole rings is 1. The van der Waals surface area contributed by atoms with E-state index in [4.69, 9.17) is 4.74 Å². The van der Waals surface area contributed by atoms with E-state index in [1.807, 2.05) is 31.2 Å². The summed E-state index contributed by atoms with van der Waals surface area (Å²) < 4.78 is 8.78. The molecule has 0 saturated carbocycles. The molecule has 3 heterocycles. The molecule has 31 heavy (non-hydrogen) atoms. The molecule has 2 N–H and O–H groups in total. The van der Waals surface area contributed by atoms with Gasteiger partial charge in [0.2, 0.25) is 5.95 Å². The average Bonchev–Trinajstić information content (AvgIpc) is 2.93. The van der Waals surface area contributed by atoms with Crippen molar-refractivity contribution in [2.75, 3.05) is 24.6 Å². The molecular weight excluding hydrogens is 398 g/mol. The number of aromatic amines is 1. The van der Waals surface area contributed by atoms with Crippen molar-refractivity contribution in [1.82, 2.24) is 19.1 Å². The van der Waals surface area contributed by atoms with E-state index < -0.39 is 17.4 Å². The zero-order chi connectivity index (χ0) is 22.0. The van der Waals surface area contributed by atoms with Gasteiger partial charge in [-0.05, 0) is 31.9 Å². The number of ether oxygens (including phenoxy) is 1. The maximum atomic E-state index is 12.7. The van der Waals surface area contributed by atoms with Gasteiger partial charge in [-0.25, -0.2) is 4.79 Å². The zero-order valence-corrected chi connectivity index (χ0v) is 18.0. The van der Waals surface area contributed by atoms with E-state index >= 15 is 0 Å². The first-order chi connectivity index (χ1) is 14.9. The van der Waals surface area contributed by atoms with E-state index in [1.165, 1.54) is 4.57 Å². The Kier molecular flexibility index (Phi) is 6.13. The molecule has 1 saturated heterocycles. The summed E-state index contributed by atoms with van der Waals surface area (Å²) in [4.78, 5) is 33.9. The monoisotopic (exact) mass is 427 g/mol. The van der Waals surface area contributed by atoms with E-state index in [2.05, 4.69) is 14.9 Å². The van der Waals surface area contributed by atoms with Gasteiger partial charge >= 0.3 is 5.69 Å². The normalized spacial score (nSPS) is 15.8. The van der Waals surface area contributed by atoms with Crippen LogP contribution in [0.25, 0.3) is 11.2 Å². The molecule has 166 valence electrons. The third-order valence-corrected chi connectivity index (χ3v) is 5.73. The zero-order valence-electron chi connectivity index (χ0n) is 18.0. The molecule has 3 aromatic rings. The van der Waals surface area contributed by atoms with Crippen LogP contribution in [0.5, 0.6) is 5.75 Å². The number of benzene rings is 1. The van der Waals surface area contributed by atoms with Gasteiger partial charge in [0.05, 0.1) is 6.54 Å². The molecule has 0 unspecified atom stereocenters. The van der Waals surface area contributed by atoms with Crippen molar-refractivity contribution in [3.8, 4) is 5.75 Å². The average molecular weight is 428 g/mol. The first-order valence-electron chi connectivity index (χ1n) is 10.8. The number of aromatic nitrogens is 4. The fourth-order valence-electron chi connectivity index (χ4n) is 4.00. The molecule has 0 aliphatic carbocycles. The van der Waals surface area contributed by atoms with Crippen LogP contribution in [0.3, 0.4) is 0 Å². The van der Waals surface area contributed by atoms with Crippen molar-refractivity contribution in [2.45, 2.75) is 45.3 Å². The number of hydrogen-bond donors (Lipinski definition) is 2. The van der Waals surface area contributed by atoms with Crippen LogP contribution in [-0.4, -0.2) is 50.0 Å². The molecule has 9 nitrogen and oxygen atoms in total. The summed E-state index contributed by atoms with van der Waals surface area (Å²) in [5.74, 6) is 1.28. The Bertz CT molecular complexity index is 1150. The van der Waals surface area contributed by atoms with Crippen molar-refractivity contribution in [3.05, 3.63) is 50.7 Å². The summed E-state index contributed by atoms with van der Waals surface area (Å²) in [7, 11) is 1.58. The lowest BCUT2D eigenvalue weighted by molar-refractivity contribution is 0.0936. The minimum atomic E-state index is -0.860. The lowest BCUT2D eigenvalue weighted by Gasteiger charge is -2.23.